The predicted molar refractivity (Wildman–Crippen MR) is 155 cm³/mol. The van der Waals surface area contributed by atoms with Crippen molar-refractivity contribution in [3.8, 4) is 11.5 Å². The molecule has 0 spiro atoms. The third-order valence-corrected chi connectivity index (χ3v) is 7.91. The molecule has 2 rings (SSSR count). The van der Waals surface area contributed by atoms with Gasteiger partial charge in [0.25, 0.3) is 0 Å². The number of hydrogen-bond donors (Lipinski definition) is 0. The summed E-state index contributed by atoms with van der Waals surface area (Å²) in [5.74, 6) is 1.12. The largest absolute Gasteiger partial charge is 0.505 e. The zero-order chi connectivity index (χ0) is 27.5. The Morgan fingerprint density at radius 2 is 0.944 bits per heavy atom. The van der Waals surface area contributed by atoms with Crippen LogP contribution in [0.3, 0.4) is 0 Å². The summed E-state index contributed by atoms with van der Waals surface area (Å²) in [6.45, 7) is 26.3. The van der Waals surface area contributed by atoms with Gasteiger partial charge in [-0.05, 0) is 57.8 Å². The average Bonchev–Trinajstić information content (AvgIpc) is 2.72. The van der Waals surface area contributed by atoms with Crippen LogP contribution in [0.5, 0.6) is 11.5 Å². The quantitative estimate of drug-likeness (QED) is 0.292. The highest BCUT2D eigenvalue weighted by Gasteiger charge is 2.30. The monoisotopic (exact) mass is 516 g/mol. The summed E-state index contributed by atoms with van der Waals surface area (Å²) in [5, 5.41) is 0. The maximum Gasteiger partial charge on any atom is 0.505 e. The minimum absolute atomic E-state index is 0.0547. The molecule has 0 saturated heterocycles. The van der Waals surface area contributed by atoms with E-state index in [2.05, 4.69) is 107 Å². The molecular weight excluding hydrogens is 466 g/mol. The Kier molecular flexibility index (Phi) is 9.72. The van der Waals surface area contributed by atoms with Gasteiger partial charge in [0, 0.05) is 11.1 Å². The molecule has 0 aromatic heterocycles. The van der Waals surface area contributed by atoms with Crippen LogP contribution in [0.25, 0.3) is 0 Å². The van der Waals surface area contributed by atoms with Crippen molar-refractivity contribution in [2.24, 2.45) is 0 Å². The zero-order valence-electron chi connectivity index (χ0n) is 24.9. The van der Waals surface area contributed by atoms with Crippen LogP contribution >= 0.6 is 8.69 Å². The molecule has 0 aliphatic carbocycles. The number of rotatable bonds is 10. The molecule has 0 heterocycles. The van der Waals surface area contributed by atoms with Gasteiger partial charge in [-0.1, -0.05) is 120 Å². The van der Waals surface area contributed by atoms with Gasteiger partial charge in [0.2, 0.25) is 0 Å². The minimum Gasteiger partial charge on any atom is -0.414 e. The Morgan fingerprint density at radius 1 is 0.611 bits per heavy atom. The highest BCUT2D eigenvalue weighted by atomic mass is 31.2. The molecule has 2 nitrogen and oxygen atoms in total. The molecule has 2 aromatic carbocycles. The molecule has 202 valence electrons. The molecule has 0 amide bonds. The zero-order valence-corrected chi connectivity index (χ0v) is 25.8. The Bertz CT molecular complexity index is 930. The first-order chi connectivity index (χ1) is 16.4. The van der Waals surface area contributed by atoms with Gasteiger partial charge in [0.05, 0.1) is 0 Å². The first-order valence-corrected chi connectivity index (χ1v) is 14.6. The van der Waals surface area contributed by atoms with E-state index in [1.54, 1.807) is 0 Å². The highest BCUT2D eigenvalue weighted by molar-refractivity contribution is 7.42. The molecule has 0 bridgehead atoms. The average molecular weight is 517 g/mol. The fourth-order valence-corrected chi connectivity index (χ4v) is 5.61. The van der Waals surface area contributed by atoms with Crippen molar-refractivity contribution in [2.75, 3.05) is 0 Å². The van der Waals surface area contributed by atoms with Crippen LogP contribution in [0.1, 0.15) is 131 Å². The summed E-state index contributed by atoms with van der Waals surface area (Å²) in [4.78, 5) is 0. The van der Waals surface area contributed by atoms with Gasteiger partial charge in [-0.15, -0.1) is 4.20 Å². The van der Waals surface area contributed by atoms with Crippen LogP contribution < -0.4 is 9.05 Å². The lowest BCUT2D eigenvalue weighted by atomic mass is 9.77. The van der Waals surface area contributed by atoms with Gasteiger partial charge in [-0.2, -0.15) is 0 Å². The second-order valence-electron chi connectivity index (χ2n) is 13.6. The first-order valence-electron chi connectivity index (χ1n) is 13.5. The van der Waals surface area contributed by atoms with E-state index >= 15 is 4.20 Å². The summed E-state index contributed by atoms with van der Waals surface area (Å²) >= 11 is 0. The maximum absolute atomic E-state index is 15.4. The van der Waals surface area contributed by atoms with Crippen molar-refractivity contribution >= 4 is 8.69 Å². The Hall–Kier alpha value is -1.60. The molecule has 0 atom stereocenters. The van der Waals surface area contributed by atoms with Gasteiger partial charge in [0.15, 0.2) is 0 Å². The van der Waals surface area contributed by atoms with Gasteiger partial charge >= 0.3 is 8.69 Å². The van der Waals surface area contributed by atoms with Crippen molar-refractivity contribution in [1.82, 2.24) is 0 Å². The lowest BCUT2D eigenvalue weighted by Crippen LogP contribution is -2.20. The van der Waals surface area contributed by atoms with E-state index < -0.39 is 8.69 Å². The summed E-state index contributed by atoms with van der Waals surface area (Å²) in [5.41, 5.74) is 4.26. The molecule has 0 fully saturated rings. The predicted octanol–water partition coefficient (Wildman–Crippen LogP) is 11.1. The van der Waals surface area contributed by atoms with Crippen LogP contribution in [-0.4, -0.2) is 0 Å². The van der Waals surface area contributed by atoms with E-state index in [1.165, 1.54) is 11.1 Å². The van der Waals surface area contributed by atoms with E-state index in [0.29, 0.717) is 11.5 Å². The Labute approximate surface area is 222 Å². The van der Waals surface area contributed by atoms with Crippen LogP contribution in [0.4, 0.5) is 4.20 Å². The first kappa shape index (κ1) is 30.6. The van der Waals surface area contributed by atoms with Crippen molar-refractivity contribution in [1.29, 1.82) is 0 Å². The normalized spacial score (nSPS) is 13.3. The Balaban J connectivity index is 2.39. The SMILES string of the molecule is CCCC(C)(C)c1ccc(OP(F)Oc2ccc(C(C)(C)CCC)cc2C(C)(C)C)c(C(C)(C)C)c1. The lowest BCUT2D eigenvalue weighted by Gasteiger charge is -2.30. The van der Waals surface area contributed by atoms with E-state index in [0.717, 1.165) is 36.8 Å². The molecule has 0 N–H and O–H groups in total. The molecule has 4 heteroatoms. The smallest absolute Gasteiger partial charge is 0.414 e. The van der Waals surface area contributed by atoms with E-state index in [1.807, 2.05) is 12.1 Å². The highest BCUT2D eigenvalue weighted by Crippen LogP contribution is 2.48. The Morgan fingerprint density at radius 3 is 1.22 bits per heavy atom. The van der Waals surface area contributed by atoms with Crippen LogP contribution in [0.2, 0.25) is 0 Å². The topological polar surface area (TPSA) is 18.5 Å². The lowest BCUT2D eigenvalue weighted by molar-refractivity contribution is 0.417. The van der Waals surface area contributed by atoms with Crippen molar-refractivity contribution < 1.29 is 13.2 Å². The fourth-order valence-electron chi connectivity index (χ4n) is 4.95. The van der Waals surface area contributed by atoms with Crippen LogP contribution in [0, 0.1) is 0 Å². The van der Waals surface area contributed by atoms with Crippen LogP contribution in [0.15, 0.2) is 36.4 Å². The summed E-state index contributed by atoms with van der Waals surface area (Å²) < 4.78 is 27.2. The van der Waals surface area contributed by atoms with E-state index in [9.17, 15) is 0 Å². The molecule has 2 aromatic rings. The maximum atomic E-state index is 15.4. The molecule has 0 aliphatic rings. The van der Waals surface area contributed by atoms with Crippen molar-refractivity contribution in [2.45, 2.75) is 130 Å². The molecule has 36 heavy (non-hydrogen) atoms. The van der Waals surface area contributed by atoms with Crippen molar-refractivity contribution in [3.63, 3.8) is 0 Å². The standard InChI is InChI=1S/C32H50FO2P/c1-13-19-31(9,10)23-15-17-27(25(21-23)29(3,4)5)34-36(33)35-28-18-16-24(32(11,12)20-14-2)22-26(28)30(6,7)8/h15-18,21-22H,13-14,19-20H2,1-12H3. The molecule has 0 radical (unpaired) electrons. The fraction of sp³-hybridized carbons (Fsp3) is 0.625. The summed E-state index contributed by atoms with van der Waals surface area (Å²) in [7, 11) is -2.65. The summed E-state index contributed by atoms with van der Waals surface area (Å²) in [6, 6.07) is 12.4. The molecule has 0 unspecified atom stereocenters. The van der Waals surface area contributed by atoms with Gasteiger partial charge in [-0.25, -0.2) is 0 Å². The molecule has 0 aliphatic heterocycles. The minimum atomic E-state index is -2.65. The third-order valence-electron chi connectivity index (χ3n) is 7.23. The number of hydrogen-bond acceptors (Lipinski definition) is 2. The third kappa shape index (κ3) is 7.70. The van der Waals surface area contributed by atoms with Gasteiger partial charge in [-0.3, -0.25) is 0 Å². The molecular formula is C32H50FO2P. The second-order valence-corrected chi connectivity index (χ2v) is 14.4. The van der Waals surface area contributed by atoms with Crippen molar-refractivity contribution in [3.05, 3.63) is 58.7 Å². The van der Waals surface area contributed by atoms with Gasteiger partial charge < -0.3 is 9.05 Å². The van der Waals surface area contributed by atoms with E-state index in [4.69, 9.17) is 9.05 Å². The number of halogens is 1. The second kappa shape index (κ2) is 11.4. The van der Waals surface area contributed by atoms with E-state index in [-0.39, 0.29) is 21.7 Å². The number of benzene rings is 2. The van der Waals surface area contributed by atoms with Crippen LogP contribution in [-0.2, 0) is 21.7 Å². The molecule has 0 saturated carbocycles. The summed E-state index contributed by atoms with van der Waals surface area (Å²) in [6.07, 6.45) is 4.42. The van der Waals surface area contributed by atoms with Gasteiger partial charge in [0.1, 0.15) is 11.5 Å².